The van der Waals surface area contributed by atoms with Crippen molar-refractivity contribution in [1.82, 2.24) is 9.80 Å². The third kappa shape index (κ3) is 4.60. The lowest BCUT2D eigenvalue weighted by Gasteiger charge is -2.26. The predicted molar refractivity (Wildman–Crippen MR) is 126 cm³/mol. The lowest BCUT2D eigenvalue weighted by atomic mass is 10.0. The molecular weight excluding hydrogens is 415 g/mol. The zero-order chi connectivity index (χ0) is 22.8. The van der Waals surface area contributed by atoms with Gasteiger partial charge in [-0.1, -0.05) is 48.9 Å². The molecule has 0 saturated carbocycles. The Hall–Kier alpha value is -3.31. The molecule has 3 aromatic carbocycles. The fraction of sp³-hybridized carbons (Fsp3) is 0.286. The van der Waals surface area contributed by atoms with E-state index >= 15 is 0 Å². The van der Waals surface area contributed by atoms with Gasteiger partial charge in [-0.3, -0.25) is 19.4 Å². The number of fused-ring (bicyclic) bond motifs is 1. The molecule has 2 amide bonds. The molecule has 0 radical (unpaired) electrons. The summed E-state index contributed by atoms with van der Waals surface area (Å²) in [4.78, 5) is 29.7. The molecule has 0 unspecified atom stereocenters. The van der Waals surface area contributed by atoms with Crippen molar-refractivity contribution in [2.75, 3.05) is 19.6 Å². The van der Waals surface area contributed by atoms with Crippen molar-refractivity contribution in [3.05, 3.63) is 94.8 Å². The van der Waals surface area contributed by atoms with Crippen LogP contribution < -0.4 is 0 Å². The predicted octanol–water partition coefficient (Wildman–Crippen LogP) is 5.32. The third-order valence-corrected chi connectivity index (χ3v) is 6.65. The van der Waals surface area contributed by atoms with Gasteiger partial charge in [0, 0.05) is 13.1 Å². The highest BCUT2D eigenvalue weighted by Crippen LogP contribution is 2.29. The van der Waals surface area contributed by atoms with Gasteiger partial charge in [-0.15, -0.1) is 0 Å². The van der Waals surface area contributed by atoms with Crippen molar-refractivity contribution in [1.29, 1.82) is 0 Å². The van der Waals surface area contributed by atoms with Crippen LogP contribution in [0.5, 0.6) is 0 Å². The van der Waals surface area contributed by atoms with Crippen LogP contribution in [0.25, 0.3) is 11.1 Å². The van der Waals surface area contributed by atoms with Crippen molar-refractivity contribution in [2.45, 2.75) is 32.2 Å². The summed E-state index contributed by atoms with van der Waals surface area (Å²) in [6, 6.07) is 19.9. The maximum atomic E-state index is 13.2. The van der Waals surface area contributed by atoms with E-state index in [4.69, 9.17) is 0 Å². The van der Waals surface area contributed by atoms with E-state index in [0.717, 1.165) is 23.2 Å². The monoisotopic (exact) mass is 442 g/mol. The molecule has 0 atom stereocenters. The molecule has 168 valence electrons. The van der Waals surface area contributed by atoms with Crippen molar-refractivity contribution in [3.8, 4) is 11.1 Å². The summed E-state index contributed by atoms with van der Waals surface area (Å²) >= 11 is 0. The summed E-state index contributed by atoms with van der Waals surface area (Å²) in [5, 5.41) is 0. The molecule has 4 nitrogen and oxygen atoms in total. The first-order valence-electron chi connectivity index (χ1n) is 11.6. The molecule has 0 spiro atoms. The third-order valence-electron chi connectivity index (χ3n) is 6.65. The standard InChI is InChI=1S/C28H27FN2O2/c29-24-11-8-22(9-12-24)23-10-13-25-26(18-23)28(33)31(27(25)32)17-14-20-4-6-21(7-5-20)19-30-15-2-1-3-16-30/h4-13,18H,1-3,14-17,19H2. The van der Waals surface area contributed by atoms with Gasteiger partial charge in [0.05, 0.1) is 11.1 Å². The van der Waals surface area contributed by atoms with E-state index in [0.29, 0.717) is 24.1 Å². The summed E-state index contributed by atoms with van der Waals surface area (Å²) in [5.41, 5.74) is 4.86. The number of hydrogen-bond donors (Lipinski definition) is 0. The normalized spacial score (nSPS) is 16.3. The molecule has 33 heavy (non-hydrogen) atoms. The number of hydrogen-bond acceptors (Lipinski definition) is 3. The average molecular weight is 443 g/mol. The Labute approximate surface area is 193 Å². The first kappa shape index (κ1) is 21.5. The molecule has 0 aromatic heterocycles. The van der Waals surface area contributed by atoms with E-state index in [2.05, 4.69) is 29.2 Å². The number of piperidine rings is 1. The molecule has 2 heterocycles. The van der Waals surface area contributed by atoms with Crippen LogP contribution in [0.1, 0.15) is 51.1 Å². The van der Waals surface area contributed by atoms with E-state index < -0.39 is 0 Å². The average Bonchev–Trinajstić information content (AvgIpc) is 3.09. The number of imide groups is 1. The van der Waals surface area contributed by atoms with Crippen molar-refractivity contribution < 1.29 is 14.0 Å². The van der Waals surface area contributed by atoms with Gasteiger partial charge in [-0.05, 0) is 78.9 Å². The first-order valence-corrected chi connectivity index (χ1v) is 11.6. The Balaban J connectivity index is 1.24. The van der Waals surface area contributed by atoms with Crippen LogP contribution in [-0.4, -0.2) is 41.2 Å². The van der Waals surface area contributed by atoms with Crippen LogP contribution in [-0.2, 0) is 13.0 Å². The molecule has 2 aliphatic rings. The summed E-state index contributed by atoms with van der Waals surface area (Å²) in [7, 11) is 0. The number of benzene rings is 3. The van der Waals surface area contributed by atoms with Crippen LogP contribution in [0.15, 0.2) is 66.7 Å². The smallest absolute Gasteiger partial charge is 0.261 e. The molecule has 1 saturated heterocycles. The van der Waals surface area contributed by atoms with E-state index in [9.17, 15) is 14.0 Å². The lowest BCUT2D eigenvalue weighted by Crippen LogP contribution is -2.31. The van der Waals surface area contributed by atoms with Gasteiger partial charge >= 0.3 is 0 Å². The van der Waals surface area contributed by atoms with Gasteiger partial charge in [0.1, 0.15) is 5.82 Å². The van der Waals surface area contributed by atoms with E-state index in [1.165, 1.54) is 54.9 Å². The Morgan fingerprint density at radius 1 is 0.697 bits per heavy atom. The van der Waals surface area contributed by atoms with Gasteiger partial charge < -0.3 is 0 Å². The SMILES string of the molecule is O=C1c2ccc(-c3ccc(F)cc3)cc2C(=O)N1CCc1ccc(CN2CCCCC2)cc1. The second-order valence-electron chi connectivity index (χ2n) is 8.93. The number of carbonyl (C=O) groups excluding carboxylic acids is 2. The van der Waals surface area contributed by atoms with E-state index in [-0.39, 0.29) is 17.6 Å². The van der Waals surface area contributed by atoms with Gasteiger partial charge in [0.15, 0.2) is 0 Å². The fourth-order valence-electron chi connectivity index (χ4n) is 4.74. The van der Waals surface area contributed by atoms with Crippen LogP contribution >= 0.6 is 0 Å². The number of likely N-dealkylation sites (tertiary alicyclic amines) is 1. The Bertz CT molecular complexity index is 1170. The molecule has 5 rings (SSSR count). The highest BCUT2D eigenvalue weighted by atomic mass is 19.1. The number of nitrogens with zero attached hydrogens (tertiary/aromatic N) is 2. The van der Waals surface area contributed by atoms with Crippen molar-refractivity contribution in [2.24, 2.45) is 0 Å². The van der Waals surface area contributed by atoms with Gasteiger partial charge in [-0.2, -0.15) is 0 Å². The molecular formula is C28H27FN2O2. The summed E-state index contributed by atoms with van der Waals surface area (Å²) in [5.74, 6) is -0.820. The zero-order valence-electron chi connectivity index (χ0n) is 18.6. The minimum atomic E-state index is -0.308. The van der Waals surface area contributed by atoms with E-state index in [1.54, 1.807) is 24.3 Å². The molecule has 0 N–H and O–H groups in total. The van der Waals surface area contributed by atoms with E-state index in [1.807, 2.05) is 6.07 Å². The second-order valence-corrected chi connectivity index (χ2v) is 8.93. The van der Waals surface area contributed by atoms with Crippen LogP contribution in [0, 0.1) is 5.82 Å². The Kier molecular flexibility index (Phi) is 6.05. The first-order chi connectivity index (χ1) is 16.1. The summed E-state index contributed by atoms with van der Waals surface area (Å²) < 4.78 is 13.2. The largest absolute Gasteiger partial charge is 0.299 e. The maximum Gasteiger partial charge on any atom is 0.261 e. The lowest BCUT2D eigenvalue weighted by molar-refractivity contribution is 0.0656. The molecule has 0 aliphatic carbocycles. The highest BCUT2D eigenvalue weighted by molar-refractivity contribution is 6.21. The number of rotatable bonds is 6. The van der Waals surface area contributed by atoms with Crippen LogP contribution in [0.3, 0.4) is 0 Å². The molecule has 3 aromatic rings. The summed E-state index contributed by atoms with van der Waals surface area (Å²) in [6.45, 7) is 3.67. The van der Waals surface area contributed by atoms with Gasteiger partial charge in [0.25, 0.3) is 11.8 Å². The molecule has 2 aliphatic heterocycles. The van der Waals surface area contributed by atoms with Crippen LogP contribution in [0.4, 0.5) is 4.39 Å². The van der Waals surface area contributed by atoms with Gasteiger partial charge in [0.2, 0.25) is 0 Å². The number of carbonyl (C=O) groups is 2. The van der Waals surface area contributed by atoms with Crippen molar-refractivity contribution >= 4 is 11.8 Å². The van der Waals surface area contributed by atoms with Gasteiger partial charge in [-0.25, -0.2) is 4.39 Å². The summed E-state index contributed by atoms with van der Waals surface area (Å²) in [6.07, 6.45) is 4.52. The quantitative estimate of drug-likeness (QED) is 0.486. The molecule has 1 fully saturated rings. The number of amides is 2. The zero-order valence-corrected chi connectivity index (χ0v) is 18.6. The van der Waals surface area contributed by atoms with Crippen molar-refractivity contribution in [3.63, 3.8) is 0 Å². The number of halogens is 1. The second kappa shape index (κ2) is 9.28. The topological polar surface area (TPSA) is 40.6 Å². The molecule has 5 heteroatoms. The molecule has 0 bridgehead atoms. The Morgan fingerprint density at radius 3 is 2.06 bits per heavy atom. The minimum absolute atomic E-state index is 0.248. The highest BCUT2D eigenvalue weighted by Gasteiger charge is 2.35. The fourth-order valence-corrected chi connectivity index (χ4v) is 4.74. The minimum Gasteiger partial charge on any atom is -0.299 e. The maximum absolute atomic E-state index is 13.2. The Morgan fingerprint density at radius 2 is 1.33 bits per heavy atom. The van der Waals surface area contributed by atoms with Crippen LogP contribution in [0.2, 0.25) is 0 Å².